The third-order valence-corrected chi connectivity index (χ3v) is 2.44. The maximum absolute atomic E-state index is 10.5. The van der Waals surface area contributed by atoms with E-state index in [0.29, 0.717) is 12.3 Å². The molecule has 1 aliphatic carbocycles. The maximum atomic E-state index is 10.5. The highest BCUT2D eigenvalue weighted by Gasteiger charge is 2.07. The predicted octanol–water partition coefficient (Wildman–Crippen LogP) is 1.71. The van der Waals surface area contributed by atoms with Gasteiger partial charge in [0.2, 0.25) is 5.91 Å². The van der Waals surface area contributed by atoms with E-state index in [2.05, 4.69) is 31.3 Å². The van der Waals surface area contributed by atoms with E-state index >= 15 is 0 Å². The van der Waals surface area contributed by atoms with Crippen molar-refractivity contribution in [2.75, 3.05) is 6.54 Å². The van der Waals surface area contributed by atoms with Gasteiger partial charge in [-0.1, -0.05) is 18.6 Å². The second-order valence-electron chi connectivity index (χ2n) is 4.29. The molecule has 15 heavy (non-hydrogen) atoms. The Bertz CT molecular complexity index is 292. The van der Waals surface area contributed by atoms with Gasteiger partial charge in [0.1, 0.15) is 0 Å². The lowest BCUT2D eigenvalue weighted by Crippen LogP contribution is -2.19. The molecule has 0 fully saturated rings. The first-order chi connectivity index (χ1) is 7.08. The lowest BCUT2D eigenvalue weighted by Gasteiger charge is -2.17. The number of primary amides is 1. The fraction of sp³-hybridized carbons (Fsp3) is 0.583. The molecule has 0 aliphatic heterocycles. The third-order valence-electron chi connectivity index (χ3n) is 2.44. The molecule has 0 aromatic heterocycles. The highest BCUT2D eigenvalue weighted by Crippen LogP contribution is 2.20. The molecule has 0 heterocycles. The monoisotopic (exact) mass is 208 g/mol. The fourth-order valence-corrected chi connectivity index (χ4v) is 1.85. The molecule has 0 aromatic rings. The summed E-state index contributed by atoms with van der Waals surface area (Å²) in [6, 6.07) is 0. The Morgan fingerprint density at radius 3 is 3.00 bits per heavy atom. The van der Waals surface area contributed by atoms with Gasteiger partial charge in [-0.25, -0.2) is 0 Å². The van der Waals surface area contributed by atoms with Crippen LogP contribution in [0.4, 0.5) is 0 Å². The van der Waals surface area contributed by atoms with Gasteiger partial charge < -0.3 is 11.1 Å². The van der Waals surface area contributed by atoms with Crippen molar-refractivity contribution in [1.29, 1.82) is 0 Å². The molecule has 1 unspecified atom stereocenters. The Labute approximate surface area is 91.4 Å². The van der Waals surface area contributed by atoms with E-state index in [4.69, 9.17) is 5.73 Å². The molecule has 3 heteroatoms. The van der Waals surface area contributed by atoms with Gasteiger partial charge in [-0.2, -0.15) is 0 Å². The Balaban J connectivity index is 2.29. The molecule has 1 atom stereocenters. The highest BCUT2D eigenvalue weighted by molar-refractivity contribution is 5.73. The molecule has 1 aliphatic rings. The minimum atomic E-state index is -0.227. The Kier molecular flexibility index (Phi) is 4.40. The minimum Gasteiger partial charge on any atom is -0.385 e. The van der Waals surface area contributed by atoms with Gasteiger partial charge in [0.15, 0.2) is 0 Å². The van der Waals surface area contributed by atoms with Gasteiger partial charge in [-0.05, 0) is 31.8 Å². The second kappa shape index (κ2) is 5.59. The number of carbonyl (C=O) groups excluding carboxylic acids is 1. The highest BCUT2D eigenvalue weighted by atomic mass is 16.1. The number of rotatable bonds is 5. The van der Waals surface area contributed by atoms with E-state index in [9.17, 15) is 4.79 Å². The Hall–Kier alpha value is -1.25. The zero-order valence-corrected chi connectivity index (χ0v) is 9.55. The van der Waals surface area contributed by atoms with E-state index in [1.54, 1.807) is 0 Å². The summed E-state index contributed by atoms with van der Waals surface area (Å²) in [5, 5.41) is 3.31. The van der Waals surface area contributed by atoms with Crippen LogP contribution in [0.1, 0.15) is 33.1 Å². The molecule has 0 saturated carbocycles. The molecule has 0 saturated heterocycles. The lowest BCUT2D eigenvalue weighted by atomic mass is 9.95. The summed E-state index contributed by atoms with van der Waals surface area (Å²) in [4.78, 5) is 10.5. The van der Waals surface area contributed by atoms with E-state index in [-0.39, 0.29) is 5.91 Å². The van der Waals surface area contributed by atoms with Gasteiger partial charge in [0, 0.05) is 18.7 Å². The number of carbonyl (C=O) groups is 1. The van der Waals surface area contributed by atoms with Crippen molar-refractivity contribution in [3.05, 3.63) is 23.4 Å². The standard InChI is InChI=1S/C12H20N2O/c1-9-6-10(2)8-11(7-9)14-5-3-4-12(13)15/h7-9,14H,3-6H2,1-2H3,(H2,13,15). The zero-order chi connectivity index (χ0) is 11.3. The van der Waals surface area contributed by atoms with Crippen LogP contribution in [-0.4, -0.2) is 12.5 Å². The summed E-state index contributed by atoms with van der Waals surface area (Å²) >= 11 is 0. The van der Waals surface area contributed by atoms with Crippen molar-refractivity contribution in [2.24, 2.45) is 11.7 Å². The molecule has 0 bridgehead atoms. The largest absolute Gasteiger partial charge is 0.385 e. The SMILES string of the molecule is CC1=CC(NCCCC(N)=O)=CC(C)C1. The van der Waals surface area contributed by atoms with Crippen molar-refractivity contribution in [3.63, 3.8) is 0 Å². The van der Waals surface area contributed by atoms with Crippen LogP contribution in [0.5, 0.6) is 0 Å². The fourth-order valence-electron chi connectivity index (χ4n) is 1.85. The average molecular weight is 208 g/mol. The summed E-state index contributed by atoms with van der Waals surface area (Å²) in [5.41, 5.74) is 7.64. The molecule has 3 N–H and O–H groups in total. The number of nitrogens with two attached hydrogens (primary N) is 1. The first-order valence-corrected chi connectivity index (χ1v) is 5.49. The van der Waals surface area contributed by atoms with Crippen molar-refractivity contribution < 1.29 is 4.79 Å². The molecule has 84 valence electrons. The zero-order valence-electron chi connectivity index (χ0n) is 9.55. The first kappa shape index (κ1) is 11.8. The molecular weight excluding hydrogens is 188 g/mol. The number of hydrogen-bond acceptors (Lipinski definition) is 2. The van der Waals surface area contributed by atoms with Gasteiger partial charge in [0.05, 0.1) is 0 Å². The maximum Gasteiger partial charge on any atom is 0.217 e. The molecule has 0 radical (unpaired) electrons. The summed E-state index contributed by atoms with van der Waals surface area (Å²) in [7, 11) is 0. The van der Waals surface area contributed by atoms with Crippen LogP contribution in [0.2, 0.25) is 0 Å². The van der Waals surface area contributed by atoms with Crippen molar-refractivity contribution in [1.82, 2.24) is 5.32 Å². The summed E-state index contributed by atoms with van der Waals surface area (Å²) in [5.74, 6) is 0.378. The molecule has 0 spiro atoms. The topological polar surface area (TPSA) is 55.1 Å². The second-order valence-corrected chi connectivity index (χ2v) is 4.29. The van der Waals surface area contributed by atoms with Gasteiger partial charge in [0.25, 0.3) is 0 Å². The van der Waals surface area contributed by atoms with E-state index in [1.807, 2.05) is 0 Å². The third kappa shape index (κ3) is 4.68. The van der Waals surface area contributed by atoms with Crippen molar-refractivity contribution >= 4 is 5.91 Å². The summed E-state index contributed by atoms with van der Waals surface area (Å²) in [6.07, 6.45) is 6.81. The van der Waals surface area contributed by atoms with Crippen molar-refractivity contribution in [2.45, 2.75) is 33.1 Å². The quantitative estimate of drug-likeness (QED) is 0.676. The molecular formula is C12H20N2O. The first-order valence-electron chi connectivity index (χ1n) is 5.49. The van der Waals surface area contributed by atoms with Crippen LogP contribution in [0.3, 0.4) is 0 Å². The Morgan fingerprint density at radius 1 is 1.67 bits per heavy atom. The Morgan fingerprint density at radius 2 is 2.40 bits per heavy atom. The van der Waals surface area contributed by atoms with Crippen LogP contribution in [0.15, 0.2) is 23.4 Å². The summed E-state index contributed by atoms with van der Waals surface area (Å²) in [6.45, 7) is 5.17. The molecule has 0 aromatic carbocycles. The van der Waals surface area contributed by atoms with Crippen LogP contribution >= 0.6 is 0 Å². The molecule has 3 nitrogen and oxygen atoms in total. The van der Waals surface area contributed by atoms with Crippen LogP contribution < -0.4 is 11.1 Å². The number of amides is 1. The number of nitrogens with one attached hydrogen (secondary N) is 1. The van der Waals surface area contributed by atoms with Crippen LogP contribution in [0, 0.1) is 5.92 Å². The summed E-state index contributed by atoms with van der Waals surface area (Å²) < 4.78 is 0. The van der Waals surface area contributed by atoms with Crippen LogP contribution in [-0.2, 0) is 4.79 Å². The van der Waals surface area contributed by atoms with Gasteiger partial charge in [-0.3, -0.25) is 4.79 Å². The average Bonchev–Trinajstić information content (AvgIpc) is 2.10. The van der Waals surface area contributed by atoms with E-state index in [0.717, 1.165) is 19.4 Å². The van der Waals surface area contributed by atoms with Crippen LogP contribution in [0.25, 0.3) is 0 Å². The van der Waals surface area contributed by atoms with E-state index < -0.39 is 0 Å². The van der Waals surface area contributed by atoms with Crippen molar-refractivity contribution in [3.8, 4) is 0 Å². The predicted molar refractivity (Wildman–Crippen MR) is 62.1 cm³/mol. The van der Waals surface area contributed by atoms with Gasteiger partial charge >= 0.3 is 0 Å². The lowest BCUT2D eigenvalue weighted by molar-refractivity contribution is -0.118. The molecule has 1 rings (SSSR count). The van der Waals surface area contributed by atoms with E-state index in [1.165, 1.54) is 11.3 Å². The number of allylic oxidation sites excluding steroid dienone is 3. The smallest absolute Gasteiger partial charge is 0.217 e. The number of hydrogen-bond donors (Lipinski definition) is 2. The molecule has 1 amide bonds. The van der Waals surface area contributed by atoms with Gasteiger partial charge in [-0.15, -0.1) is 0 Å². The normalized spacial score (nSPS) is 20.5. The minimum absolute atomic E-state index is 0.227.